The smallest absolute Gasteiger partial charge is 0.125 e. The Labute approximate surface area is 122 Å². The van der Waals surface area contributed by atoms with E-state index in [1.807, 2.05) is 13.0 Å². The van der Waals surface area contributed by atoms with Gasteiger partial charge < -0.3 is 19.9 Å². The highest BCUT2D eigenvalue weighted by Gasteiger charge is 2.08. The lowest BCUT2D eigenvalue weighted by atomic mass is 10.0. The number of aryl methyl sites for hydroxylation is 1. The number of para-hydroxylation sites is 1. The predicted octanol–water partition coefficient (Wildman–Crippen LogP) is 2.32. The summed E-state index contributed by atoms with van der Waals surface area (Å²) in [5.74, 6) is 0.949. The van der Waals surface area contributed by atoms with Gasteiger partial charge in [0.25, 0.3) is 0 Å². The zero-order valence-corrected chi connectivity index (χ0v) is 12.9. The maximum Gasteiger partial charge on any atom is 0.125 e. The molecule has 1 rings (SSSR count). The number of methoxy groups -OCH3 is 1. The van der Waals surface area contributed by atoms with E-state index in [0.29, 0.717) is 19.8 Å². The average Bonchev–Trinajstić information content (AvgIpc) is 2.40. The lowest BCUT2D eigenvalue weighted by Crippen LogP contribution is -2.19. The summed E-state index contributed by atoms with van der Waals surface area (Å²) >= 11 is 0. The predicted molar refractivity (Wildman–Crippen MR) is 81.3 cm³/mol. The molecular weight excluding hydrogens is 254 g/mol. The molecule has 0 aliphatic rings. The molecule has 0 aliphatic carbocycles. The van der Waals surface area contributed by atoms with Crippen molar-refractivity contribution in [2.75, 3.05) is 33.5 Å². The Balaban J connectivity index is 2.38. The molecule has 0 bridgehead atoms. The van der Waals surface area contributed by atoms with Crippen LogP contribution in [0.15, 0.2) is 18.2 Å². The van der Waals surface area contributed by atoms with E-state index in [1.54, 1.807) is 7.11 Å². The van der Waals surface area contributed by atoms with Crippen LogP contribution in [0.4, 0.5) is 0 Å². The van der Waals surface area contributed by atoms with Gasteiger partial charge in [-0.05, 0) is 37.8 Å². The first-order chi connectivity index (χ1) is 9.65. The molecule has 1 aromatic rings. The van der Waals surface area contributed by atoms with Crippen LogP contribution in [0.5, 0.6) is 5.75 Å². The fourth-order valence-corrected chi connectivity index (χ4v) is 2.04. The third-order valence-corrected chi connectivity index (χ3v) is 2.95. The summed E-state index contributed by atoms with van der Waals surface area (Å²) in [6.07, 6.45) is 1.74. The molecule has 2 N–H and O–H groups in total. The van der Waals surface area contributed by atoms with Gasteiger partial charge in [0.15, 0.2) is 0 Å². The lowest BCUT2D eigenvalue weighted by Gasteiger charge is -2.15. The van der Waals surface area contributed by atoms with Crippen LogP contribution in [0, 0.1) is 6.92 Å². The van der Waals surface area contributed by atoms with E-state index in [-0.39, 0.29) is 6.04 Å². The molecule has 0 aliphatic heterocycles. The largest absolute Gasteiger partial charge is 0.491 e. The molecule has 0 heterocycles. The molecule has 20 heavy (non-hydrogen) atoms. The van der Waals surface area contributed by atoms with Crippen molar-refractivity contribution in [1.82, 2.24) is 0 Å². The van der Waals surface area contributed by atoms with Crippen molar-refractivity contribution in [3.63, 3.8) is 0 Å². The maximum atomic E-state index is 5.87. The van der Waals surface area contributed by atoms with Crippen LogP contribution in [0.1, 0.15) is 24.5 Å². The van der Waals surface area contributed by atoms with E-state index >= 15 is 0 Å². The van der Waals surface area contributed by atoms with Crippen molar-refractivity contribution in [2.45, 2.75) is 32.7 Å². The van der Waals surface area contributed by atoms with E-state index in [1.165, 1.54) is 5.56 Å². The Bertz CT molecular complexity index is 380. The van der Waals surface area contributed by atoms with Crippen molar-refractivity contribution in [3.05, 3.63) is 29.3 Å². The van der Waals surface area contributed by atoms with E-state index in [0.717, 1.165) is 30.8 Å². The summed E-state index contributed by atoms with van der Waals surface area (Å²) in [7, 11) is 1.70. The van der Waals surface area contributed by atoms with Crippen LogP contribution in [0.3, 0.4) is 0 Å². The number of hydrogen-bond donors (Lipinski definition) is 1. The quantitative estimate of drug-likeness (QED) is 0.669. The summed E-state index contributed by atoms with van der Waals surface area (Å²) in [6, 6.07) is 6.30. The molecular formula is C16H27NO3. The molecule has 1 aromatic carbocycles. The van der Waals surface area contributed by atoms with Gasteiger partial charge in [-0.2, -0.15) is 0 Å². The average molecular weight is 281 g/mol. The van der Waals surface area contributed by atoms with E-state index in [4.69, 9.17) is 19.9 Å². The number of nitrogens with two attached hydrogens (primary N) is 1. The second-order valence-corrected chi connectivity index (χ2v) is 5.05. The van der Waals surface area contributed by atoms with E-state index in [2.05, 4.69) is 19.1 Å². The first-order valence-corrected chi connectivity index (χ1v) is 7.18. The van der Waals surface area contributed by atoms with Gasteiger partial charge in [-0.25, -0.2) is 0 Å². The highest BCUT2D eigenvalue weighted by atomic mass is 16.5. The van der Waals surface area contributed by atoms with Crippen molar-refractivity contribution < 1.29 is 14.2 Å². The summed E-state index contributed by atoms with van der Waals surface area (Å²) in [4.78, 5) is 0. The van der Waals surface area contributed by atoms with Gasteiger partial charge in [-0.1, -0.05) is 18.2 Å². The molecule has 0 aromatic heterocycles. The fraction of sp³-hybridized carbons (Fsp3) is 0.625. The van der Waals surface area contributed by atoms with Crippen molar-refractivity contribution in [3.8, 4) is 5.75 Å². The van der Waals surface area contributed by atoms with Crippen LogP contribution in [-0.4, -0.2) is 39.6 Å². The Hall–Kier alpha value is -1.10. The topological polar surface area (TPSA) is 53.7 Å². The zero-order valence-electron chi connectivity index (χ0n) is 12.9. The van der Waals surface area contributed by atoms with Crippen LogP contribution in [0.2, 0.25) is 0 Å². The summed E-state index contributed by atoms with van der Waals surface area (Å²) in [6.45, 7) is 6.65. The maximum absolute atomic E-state index is 5.87. The van der Waals surface area contributed by atoms with Gasteiger partial charge in [0.2, 0.25) is 0 Å². The van der Waals surface area contributed by atoms with Crippen molar-refractivity contribution in [1.29, 1.82) is 0 Å². The zero-order chi connectivity index (χ0) is 14.8. The first kappa shape index (κ1) is 17.0. The molecule has 4 heteroatoms. The molecule has 0 amide bonds. The van der Waals surface area contributed by atoms with Gasteiger partial charge >= 0.3 is 0 Å². The summed E-state index contributed by atoms with van der Waals surface area (Å²) < 4.78 is 16.3. The Morgan fingerprint density at radius 3 is 2.65 bits per heavy atom. The van der Waals surface area contributed by atoms with Crippen molar-refractivity contribution in [2.24, 2.45) is 5.73 Å². The standard InChI is InChI=1S/C16H27NO3/c1-13-6-4-7-15(12-14(2)17)16(13)20-11-10-19-9-5-8-18-3/h4,6-7,14H,5,8-12,17H2,1-3H3. The molecule has 0 fully saturated rings. The van der Waals surface area contributed by atoms with Crippen LogP contribution in [-0.2, 0) is 15.9 Å². The molecule has 0 saturated heterocycles. The molecule has 0 spiro atoms. The van der Waals surface area contributed by atoms with Gasteiger partial charge in [0, 0.05) is 26.4 Å². The van der Waals surface area contributed by atoms with Gasteiger partial charge in [-0.3, -0.25) is 0 Å². The fourth-order valence-electron chi connectivity index (χ4n) is 2.04. The van der Waals surface area contributed by atoms with Crippen molar-refractivity contribution >= 4 is 0 Å². The number of rotatable bonds is 10. The Kier molecular flexibility index (Phi) is 8.26. The van der Waals surface area contributed by atoms with Gasteiger partial charge in [0.05, 0.1) is 6.61 Å². The third-order valence-electron chi connectivity index (χ3n) is 2.95. The number of hydrogen-bond acceptors (Lipinski definition) is 4. The normalized spacial score (nSPS) is 12.4. The summed E-state index contributed by atoms with van der Waals surface area (Å²) in [5.41, 5.74) is 8.18. The minimum atomic E-state index is 0.129. The van der Waals surface area contributed by atoms with Gasteiger partial charge in [-0.15, -0.1) is 0 Å². The second kappa shape index (κ2) is 9.75. The lowest BCUT2D eigenvalue weighted by molar-refractivity contribution is 0.0802. The SMILES string of the molecule is COCCCOCCOc1c(C)cccc1CC(C)N. The third kappa shape index (κ3) is 6.37. The molecule has 0 radical (unpaired) electrons. The molecule has 1 atom stereocenters. The molecule has 1 unspecified atom stereocenters. The Morgan fingerprint density at radius 2 is 1.95 bits per heavy atom. The monoisotopic (exact) mass is 281 g/mol. The van der Waals surface area contributed by atoms with Gasteiger partial charge in [0.1, 0.15) is 12.4 Å². The van der Waals surface area contributed by atoms with E-state index in [9.17, 15) is 0 Å². The van der Waals surface area contributed by atoms with Crippen LogP contribution in [0.25, 0.3) is 0 Å². The molecule has 4 nitrogen and oxygen atoms in total. The number of benzene rings is 1. The van der Waals surface area contributed by atoms with E-state index < -0.39 is 0 Å². The highest BCUT2D eigenvalue weighted by Crippen LogP contribution is 2.24. The van der Waals surface area contributed by atoms with Crippen LogP contribution >= 0.6 is 0 Å². The number of ether oxygens (including phenoxy) is 3. The molecule has 114 valence electrons. The minimum absolute atomic E-state index is 0.129. The van der Waals surface area contributed by atoms with Crippen LogP contribution < -0.4 is 10.5 Å². The minimum Gasteiger partial charge on any atom is -0.491 e. The summed E-state index contributed by atoms with van der Waals surface area (Å²) in [5, 5.41) is 0. The first-order valence-electron chi connectivity index (χ1n) is 7.18. The Morgan fingerprint density at radius 1 is 1.15 bits per heavy atom. The second-order valence-electron chi connectivity index (χ2n) is 5.05. The highest BCUT2D eigenvalue weighted by molar-refractivity contribution is 5.41. The molecule has 0 saturated carbocycles.